The van der Waals surface area contributed by atoms with Gasteiger partial charge in [-0.1, -0.05) is 12.1 Å². The van der Waals surface area contributed by atoms with Gasteiger partial charge >= 0.3 is 0 Å². The van der Waals surface area contributed by atoms with Gasteiger partial charge in [-0.2, -0.15) is 5.26 Å². The predicted molar refractivity (Wildman–Crippen MR) is 137 cm³/mol. The first-order chi connectivity index (χ1) is 16.2. The molecule has 0 radical (unpaired) electrons. The van der Waals surface area contributed by atoms with Crippen molar-refractivity contribution in [2.24, 2.45) is 16.1 Å². The molecule has 1 heterocycles. The lowest BCUT2D eigenvalue weighted by atomic mass is 9.52. The van der Waals surface area contributed by atoms with Crippen molar-refractivity contribution in [2.75, 3.05) is 14.2 Å². The Morgan fingerprint density at radius 1 is 1.12 bits per heavy atom. The Morgan fingerprint density at radius 2 is 1.88 bits per heavy atom. The van der Waals surface area contributed by atoms with Crippen LogP contribution < -0.4 is 10.5 Å². The van der Waals surface area contributed by atoms with Crippen LogP contribution >= 0.6 is 0 Å². The van der Waals surface area contributed by atoms with Gasteiger partial charge < -0.3 is 19.9 Å². The molecule has 2 aromatic rings. The summed E-state index contributed by atoms with van der Waals surface area (Å²) < 4.78 is 17.1. The summed E-state index contributed by atoms with van der Waals surface area (Å²) in [6.07, 6.45) is 6.19. The number of ether oxygens (including phenoxy) is 3. The highest BCUT2D eigenvalue weighted by molar-refractivity contribution is 6.39. The zero-order valence-corrected chi connectivity index (χ0v) is 20.5. The van der Waals surface area contributed by atoms with Gasteiger partial charge in [-0.05, 0) is 78.6 Å². The fraction of sp³-hybridized carbons (Fsp3) is 0.462. The van der Waals surface area contributed by atoms with Crippen molar-refractivity contribution in [1.82, 2.24) is 0 Å². The highest BCUT2D eigenvalue weighted by Crippen LogP contribution is 2.63. The number of nitrogens with two attached hydrogens (primary N) is 1. The van der Waals surface area contributed by atoms with E-state index in [2.05, 4.69) is 40.0 Å². The van der Waals surface area contributed by atoms with Gasteiger partial charge in [-0.15, -0.1) is 0 Å². The first-order valence-electron chi connectivity index (χ1n) is 12.0. The summed E-state index contributed by atoms with van der Waals surface area (Å²) in [5, 5.41) is 9.10. The monoisotopic (exact) mass is 455 g/mol. The zero-order chi connectivity index (χ0) is 24.1. The highest BCUT2D eigenvalue weighted by Gasteiger charge is 2.61. The fourth-order valence-corrected chi connectivity index (χ4v) is 6.66. The van der Waals surface area contributed by atoms with Crippen LogP contribution in [0.5, 0.6) is 5.75 Å². The summed E-state index contributed by atoms with van der Waals surface area (Å²) in [6, 6.07) is 14.8. The van der Waals surface area contributed by atoms with Gasteiger partial charge in [0.05, 0.1) is 30.4 Å². The molecule has 1 saturated carbocycles. The van der Waals surface area contributed by atoms with E-state index in [4.69, 9.17) is 24.9 Å². The number of rotatable bonds is 3. The molecule has 8 heteroatoms. The molecule has 34 heavy (non-hydrogen) atoms. The van der Waals surface area contributed by atoms with Crippen LogP contribution in [0.3, 0.4) is 0 Å². The van der Waals surface area contributed by atoms with E-state index in [0.29, 0.717) is 17.4 Å². The van der Waals surface area contributed by atoms with E-state index >= 15 is 0 Å². The summed E-state index contributed by atoms with van der Waals surface area (Å²) in [5.41, 5.74) is 11.0. The van der Waals surface area contributed by atoms with Gasteiger partial charge in [-0.3, -0.25) is 0 Å². The van der Waals surface area contributed by atoms with E-state index in [9.17, 15) is 5.26 Å². The third kappa shape index (κ3) is 3.58. The average Bonchev–Trinajstić information content (AvgIpc) is 3.05. The lowest BCUT2D eigenvalue weighted by molar-refractivity contribution is -0.0226. The minimum absolute atomic E-state index is 0.0130. The first-order valence-corrected chi connectivity index (χ1v) is 12.0. The van der Waals surface area contributed by atoms with Gasteiger partial charge in [0, 0.05) is 24.3 Å². The van der Waals surface area contributed by atoms with Crippen LogP contribution in [0.15, 0.2) is 41.4 Å². The molecule has 1 aliphatic heterocycles. The van der Waals surface area contributed by atoms with Crippen molar-refractivity contribution in [3.8, 4) is 22.9 Å². The Morgan fingerprint density at radius 3 is 2.53 bits per heavy atom. The second kappa shape index (κ2) is 8.09. The minimum atomic E-state index is -0.445. The van der Waals surface area contributed by atoms with Gasteiger partial charge in [0.1, 0.15) is 21.4 Å². The standard InChI is InChI=1S/C26H31B2N3O3/c1-32-20-5-7-24(8-6-20)13-18-4-3-17(19-9-16(14-29)10-21(11-19)33-2)12-22(18)25(24)15-26(27,28)34-23(30)31-25/h3-4,9-12,20H,5-8,13,15,27-28H2,1-2H3,(H2,30,31)/t20-,24-,25?. The molecule has 0 saturated heterocycles. The minimum Gasteiger partial charge on any atom is -0.497 e. The second-order valence-electron chi connectivity index (χ2n) is 10.7. The molecule has 2 spiro atoms. The summed E-state index contributed by atoms with van der Waals surface area (Å²) in [5.74, 6) is 0.674. The van der Waals surface area contributed by atoms with Crippen LogP contribution in [-0.4, -0.2) is 47.4 Å². The quantitative estimate of drug-likeness (QED) is 0.718. The second-order valence-corrected chi connectivity index (χ2v) is 10.7. The predicted octanol–water partition coefficient (Wildman–Crippen LogP) is 2.22. The lowest BCUT2D eigenvalue weighted by Gasteiger charge is -2.52. The number of nitriles is 1. The molecule has 1 atom stereocenters. The molecule has 5 rings (SSSR count). The summed E-state index contributed by atoms with van der Waals surface area (Å²) in [6.45, 7) is 0. The van der Waals surface area contributed by atoms with Crippen LogP contribution in [0.4, 0.5) is 0 Å². The first kappa shape index (κ1) is 22.9. The maximum Gasteiger partial charge on any atom is 0.281 e. The van der Waals surface area contributed by atoms with Crippen LogP contribution in [-0.2, 0) is 21.4 Å². The van der Waals surface area contributed by atoms with Crippen molar-refractivity contribution >= 4 is 21.7 Å². The third-order valence-electron chi connectivity index (χ3n) is 8.15. The van der Waals surface area contributed by atoms with Crippen LogP contribution in [0, 0.1) is 16.7 Å². The normalized spacial score (nSPS) is 29.2. The average molecular weight is 455 g/mol. The topological polar surface area (TPSA) is 89.9 Å². The van der Waals surface area contributed by atoms with Gasteiger partial charge in [-0.25, -0.2) is 4.99 Å². The third-order valence-corrected chi connectivity index (χ3v) is 8.15. The van der Waals surface area contributed by atoms with E-state index < -0.39 is 10.9 Å². The number of methoxy groups -OCH3 is 2. The van der Waals surface area contributed by atoms with E-state index in [0.717, 1.165) is 49.7 Å². The zero-order valence-electron chi connectivity index (χ0n) is 20.5. The molecule has 1 unspecified atom stereocenters. The number of fused-ring (bicyclic) bond motifs is 3. The lowest BCUT2D eigenvalue weighted by Crippen LogP contribution is -2.56. The molecular formula is C26H31B2N3O3. The molecule has 2 aliphatic carbocycles. The van der Waals surface area contributed by atoms with Gasteiger partial charge in [0.25, 0.3) is 6.02 Å². The van der Waals surface area contributed by atoms with E-state index in [1.807, 2.05) is 19.2 Å². The molecule has 0 bridgehead atoms. The van der Waals surface area contributed by atoms with E-state index in [1.54, 1.807) is 13.2 Å². The Balaban J connectivity index is 1.67. The molecule has 174 valence electrons. The number of hydrogen-bond acceptors (Lipinski definition) is 6. The van der Waals surface area contributed by atoms with Crippen LogP contribution in [0.2, 0.25) is 0 Å². The van der Waals surface area contributed by atoms with E-state index in [-0.39, 0.29) is 11.4 Å². The fourth-order valence-electron chi connectivity index (χ4n) is 6.66. The summed E-state index contributed by atoms with van der Waals surface area (Å²) in [4.78, 5) is 5.13. The number of benzene rings is 2. The summed E-state index contributed by atoms with van der Waals surface area (Å²) in [7, 11) is 7.65. The summed E-state index contributed by atoms with van der Waals surface area (Å²) >= 11 is 0. The Hall–Kier alpha value is -2.91. The van der Waals surface area contributed by atoms with Crippen LogP contribution in [0.25, 0.3) is 11.1 Å². The molecular weight excluding hydrogens is 424 g/mol. The molecule has 3 aliphatic rings. The molecule has 0 amide bonds. The highest BCUT2D eigenvalue weighted by atomic mass is 16.5. The smallest absolute Gasteiger partial charge is 0.281 e. The largest absolute Gasteiger partial charge is 0.497 e. The van der Waals surface area contributed by atoms with Crippen LogP contribution in [0.1, 0.15) is 48.8 Å². The van der Waals surface area contributed by atoms with Gasteiger partial charge in [0.2, 0.25) is 0 Å². The van der Waals surface area contributed by atoms with E-state index in [1.165, 1.54) is 11.1 Å². The number of amidine groups is 1. The molecule has 2 aromatic carbocycles. The maximum absolute atomic E-state index is 9.52. The van der Waals surface area contributed by atoms with Crippen molar-refractivity contribution in [3.05, 3.63) is 53.1 Å². The SMILES string of the molecule is BC1(B)CC2(N=C(N)O1)c1cc(-c3cc(C#N)cc(OC)c3)ccc1C[C@]21CC[C@@H](OC)CC1. The van der Waals surface area contributed by atoms with Crippen molar-refractivity contribution < 1.29 is 14.2 Å². The molecule has 2 N–H and O–H groups in total. The maximum atomic E-state index is 9.52. The number of aliphatic imine (C=N–C) groups is 1. The van der Waals surface area contributed by atoms with Gasteiger partial charge in [0.15, 0.2) is 0 Å². The molecule has 1 fully saturated rings. The van der Waals surface area contributed by atoms with Crippen molar-refractivity contribution in [3.63, 3.8) is 0 Å². The Kier molecular flexibility index (Phi) is 5.44. The molecule has 0 aromatic heterocycles. The van der Waals surface area contributed by atoms with Crippen molar-refractivity contribution in [2.45, 2.75) is 55.6 Å². The Labute approximate surface area is 203 Å². The van der Waals surface area contributed by atoms with Crippen molar-refractivity contribution in [1.29, 1.82) is 5.26 Å². The molecule has 6 nitrogen and oxygen atoms in total. The number of nitrogens with zero attached hydrogens (tertiary/aromatic N) is 2. The number of hydrogen-bond donors (Lipinski definition) is 1. The Bertz CT molecular complexity index is 1200.